The summed E-state index contributed by atoms with van der Waals surface area (Å²) in [6.07, 6.45) is 0. The van der Waals surface area contributed by atoms with Crippen LogP contribution in [-0.2, 0) is 25.7 Å². The number of nitrogens with one attached hydrogen (secondary N) is 1. The van der Waals surface area contributed by atoms with Crippen LogP contribution in [0.2, 0.25) is 0 Å². The van der Waals surface area contributed by atoms with Crippen molar-refractivity contribution in [2.24, 2.45) is 0 Å². The van der Waals surface area contributed by atoms with Gasteiger partial charge < -0.3 is 9.47 Å². The molecule has 2 fully saturated rings. The third-order valence-corrected chi connectivity index (χ3v) is 9.86. The molecule has 1 N–H and O–H groups in total. The first-order chi connectivity index (χ1) is 17.6. The van der Waals surface area contributed by atoms with Gasteiger partial charge in [0.05, 0.1) is 21.2 Å². The number of esters is 2. The molecule has 3 heterocycles. The van der Waals surface area contributed by atoms with Gasteiger partial charge in [-0.15, -0.1) is 11.8 Å². The van der Waals surface area contributed by atoms with Gasteiger partial charge in [-0.3, -0.25) is 24.6 Å². The fraction of sp³-hybridized carbons (Fsp3) is 0.407. The molecule has 5 rings (SSSR count). The molecule has 3 aliphatic heterocycles. The number of thioether (sulfide) groups is 2. The predicted octanol–water partition coefficient (Wildman–Crippen LogP) is 3.25. The molecule has 194 valence electrons. The van der Waals surface area contributed by atoms with Gasteiger partial charge in [0.2, 0.25) is 0 Å². The Morgan fingerprint density at radius 1 is 1.03 bits per heavy atom. The van der Waals surface area contributed by atoms with Crippen molar-refractivity contribution in [2.45, 2.75) is 55.2 Å². The van der Waals surface area contributed by atoms with E-state index in [1.165, 1.54) is 11.8 Å². The summed E-state index contributed by atoms with van der Waals surface area (Å²) in [7, 11) is 0. The molecule has 37 heavy (non-hydrogen) atoms. The number of rotatable bonds is 6. The first kappa shape index (κ1) is 25.8. The molecule has 1 spiro atoms. The number of carbonyl (C=O) groups is 4. The highest BCUT2D eigenvalue weighted by molar-refractivity contribution is 8.08. The van der Waals surface area contributed by atoms with Gasteiger partial charge in [0.15, 0.2) is 6.04 Å². The Morgan fingerprint density at radius 3 is 2.16 bits per heavy atom. The summed E-state index contributed by atoms with van der Waals surface area (Å²) in [6.45, 7) is 5.32. The minimum absolute atomic E-state index is 0.129. The maximum Gasteiger partial charge on any atom is 0.332 e. The fourth-order valence-electron chi connectivity index (χ4n) is 4.65. The number of hydrogen-bond acceptors (Lipinski definition) is 9. The molecule has 2 amide bonds. The van der Waals surface area contributed by atoms with E-state index in [0.717, 1.165) is 10.5 Å². The first-order valence-corrected chi connectivity index (χ1v) is 14.0. The highest BCUT2D eigenvalue weighted by Crippen LogP contribution is 2.51. The molecule has 3 aliphatic rings. The third kappa shape index (κ3) is 4.89. The van der Waals surface area contributed by atoms with Crippen molar-refractivity contribution in [3.63, 3.8) is 0 Å². The van der Waals surface area contributed by atoms with Crippen molar-refractivity contribution in [1.82, 2.24) is 10.2 Å². The van der Waals surface area contributed by atoms with Gasteiger partial charge in [-0.25, -0.2) is 4.79 Å². The lowest BCUT2D eigenvalue weighted by atomic mass is 10.0. The lowest BCUT2D eigenvalue weighted by Crippen LogP contribution is -2.58. The van der Waals surface area contributed by atoms with E-state index in [0.29, 0.717) is 11.5 Å². The second-order valence-electron chi connectivity index (χ2n) is 10.3. The third-order valence-electron chi connectivity index (χ3n) is 6.41. The fourth-order valence-corrected chi connectivity index (χ4v) is 8.00. The number of imide groups is 1. The lowest BCUT2D eigenvalue weighted by molar-refractivity contribution is -0.160. The monoisotopic (exact) mass is 540 g/mol. The van der Waals surface area contributed by atoms with Crippen LogP contribution in [-0.4, -0.2) is 68.0 Å². The number of hydrogen-bond donors (Lipinski definition) is 1. The minimum Gasteiger partial charge on any atom is -0.460 e. The van der Waals surface area contributed by atoms with Gasteiger partial charge >= 0.3 is 11.9 Å². The molecule has 3 atom stereocenters. The van der Waals surface area contributed by atoms with E-state index in [-0.39, 0.29) is 17.7 Å². The summed E-state index contributed by atoms with van der Waals surface area (Å²) in [5, 5.41) is 2.52. The molecule has 2 saturated heterocycles. The van der Waals surface area contributed by atoms with Crippen LogP contribution in [0.25, 0.3) is 0 Å². The molecule has 0 bridgehead atoms. The van der Waals surface area contributed by atoms with Crippen LogP contribution >= 0.6 is 23.5 Å². The molecule has 3 unspecified atom stereocenters. The normalized spacial score (nSPS) is 22.9. The average molecular weight is 541 g/mol. The summed E-state index contributed by atoms with van der Waals surface area (Å²) < 4.78 is 10.8. The number of benzene rings is 2. The summed E-state index contributed by atoms with van der Waals surface area (Å²) in [6, 6.07) is 13.9. The number of carbonyl (C=O) groups excluding carboxylic acids is 4. The van der Waals surface area contributed by atoms with Crippen LogP contribution in [0.5, 0.6) is 0 Å². The number of nitrogens with zero attached hydrogens (tertiary/aromatic N) is 1. The highest BCUT2D eigenvalue weighted by Gasteiger charge is 2.60. The van der Waals surface area contributed by atoms with E-state index in [4.69, 9.17) is 9.47 Å². The standard InChI is InChI=1S/C27H28N2O6S2/c1-26(2,3)35-24(32)19(29-22(30)17-11-7-8-12-18(17)23(29)31)21-28-20(27(37-21)14-36-15-27)25(33)34-13-16-9-5-4-6-10-16/h4-12,19-21,28H,13-15H2,1-3H3. The van der Waals surface area contributed by atoms with Crippen LogP contribution in [0.15, 0.2) is 54.6 Å². The van der Waals surface area contributed by atoms with Crippen LogP contribution in [0, 0.1) is 0 Å². The van der Waals surface area contributed by atoms with Crippen molar-refractivity contribution in [1.29, 1.82) is 0 Å². The molecule has 2 aromatic rings. The van der Waals surface area contributed by atoms with Crippen LogP contribution in [0.3, 0.4) is 0 Å². The van der Waals surface area contributed by atoms with Gasteiger partial charge in [0.25, 0.3) is 11.8 Å². The summed E-state index contributed by atoms with van der Waals surface area (Å²) in [5.41, 5.74) is 0.524. The smallest absolute Gasteiger partial charge is 0.332 e. The van der Waals surface area contributed by atoms with Crippen molar-refractivity contribution in [3.8, 4) is 0 Å². The zero-order valence-electron chi connectivity index (χ0n) is 20.8. The van der Waals surface area contributed by atoms with E-state index < -0.39 is 51.6 Å². The van der Waals surface area contributed by atoms with Gasteiger partial charge in [-0.05, 0) is 38.5 Å². The molecule has 0 aromatic heterocycles. The second kappa shape index (κ2) is 9.81. The van der Waals surface area contributed by atoms with Gasteiger partial charge in [-0.1, -0.05) is 42.5 Å². The molecule has 0 radical (unpaired) electrons. The zero-order valence-corrected chi connectivity index (χ0v) is 22.4. The lowest BCUT2D eigenvalue weighted by Gasteiger charge is -2.40. The first-order valence-electron chi connectivity index (χ1n) is 12.0. The number of fused-ring (bicyclic) bond motifs is 1. The van der Waals surface area contributed by atoms with Crippen LogP contribution < -0.4 is 5.32 Å². The Morgan fingerprint density at radius 2 is 1.62 bits per heavy atom. The Labute approximate surface area is 223 Å². The van der Waals surface area contributed by atoms with E-state index in [1.807, 2.05) is 30.3 Å². The van der Waals surface area contributed by atoms with Crippen molar-refractivity contribution in [2.75, 3.05) is 11.5 Å². The Balaban J connectivity index is 1.43. The molecule has 0 saturated carbocycles. The van der Waals surface area contributed by atoms with Crippen LogP contribution in [0.4, 0.5) is 0 Å². The molecule has 8 nitrogen and oxygen atoms in total. The minimum atomic E-state index is -1.26. The molecular formula is C27H28N2O6S2. The quantitative estimate of drug-likeness (QED) is 0.437. The highest BCUT2D eigenvalue weighted by atomic mass is 32.2. The number of amides is 2. The Kier molecular flexibility index (Phi) is 6.84. The predicted molar refractivity (Wildman–Crippen MR) is 141 cm³/mol. The maximum atomic E-state index is 13.5. The van der Waals surface area contributed by atoms with Gasteiger partial charge in [0, 0.05) is 11.5 Å². The Hall–Kier alpha value is -2.82. The van der Waals surface area contributed by atoms with Crippen LogP contribution in [0.1, 0.15) is 47.1 Å². The van der Waals surface area contributed by atoms with E-state index in [2.05, 4.69) is 5.32 Å². The largest absolute Gasteiger partial charge is 0.460 e. The maximum absolute atomic E-state index is 13.5. The van der Waals surface area contributed by atoms with Gasteiger partial charge in [0.1, 0.15) is 18.2 Å². The van der Waals surface area contributed by atoms with E-state index in [9.17, 15) is 19.2 Å². The summed E-state index contributed by atoms with van der Waals surface area (Å²) in [5.74, 6) is -0.876. The Bertz CT molecular complexity index is 1210. The molecule has 10 heteroatoms. The van der Waals surface area contributed by atoms with E-state index >= 15 is 0 Å². The summed E-state index contributed by atoms with van der Waals surface area (Å²) in [4.78, 5) is 54.5. The van der Waals surface area contributed by atoms with Crippen molar-refractivity contribution in [3.05, 3.63) is 71.3 Å². The zero-order chi connectivity index (χ0) is 26.4. The van der Waals surface area contributed by atoms with Crippen molar-refractivity contribution >= 4 is 47.3 Å². The molecule has 2 aromatic carbocycles. The molecular weight excluding hydrogens is 512 g/mol. The number of ether oxygens (including phenoxy) is 2. The SMILES string of the molecule is CC(C)(C)OC(=O)C(C1NC(C(=O)OCc2ccccc2)C2(CSC2)S1)N1C(=O)c2ccccc2C1=O. The molecule has 0 aliphatic carbocycles. The average Bonchev–Trinajstić information content (AvgIpc) is 3.36. The van der Waals surface area contributed by atoms with E-state index in [1.54, 1.807) is 56.8 Å². The summed E-state index contributed by atoms with van der Waals surface area (Å²) >= 11 is 3.10. The second-order valence-corrected chi connectivity index (χ2v) is 12.8. The van der Waals surface area contributed by atoms with Crippen molar-refractivity contribution < 1.29 is 28.7 Å². The van der Waals surface area contributed by atoms with Gasteiger partial charge in [-0.2, -0.15) is 11.8 Å². The topological polar surface area (TPSA) is 102 Å².